The molecule has 0 aliphatic carbocycles. The zero-order valence-electron chi connectivity index (χ0n) is 10.7. The van der Waals surface area contributed by atoms with E-state index in [1.807, 2.05) is 11.9 Å². The van der Waals surface area contributed by atoms with Crippen molar-refractivity contribution in [1.29, 1.82) is 0 Å². The maximum Gasteiger partial charge on any atom is 0.238 e. The van der Waals surface area contributed by atoms with Gasteiger partial charge in [-0.15, -0.1) is 0 Å². The van der Waals surface area contributed by atoms with Gasteiger partial charge in [0.1, 0.15) is 0 Å². The highest BCUT2D eigenvalue weighted by Gasteiger charge is 2.08. The molecule has 0 spiro atoms. The highest BCUT2D eigenvalue weighted by Crippen LogP contribution is 2.25. The number of halogens is 2. The summed E-state index contributed by atoms with van der Waals surface area (Å²) in [6.07, 6.45) is 2.21. The average Bonchev–Trinajstić information content (AvgIpc) is 2.30. The van der Waals surface area contributed by atoms with E-state index in [-0.39, 0.29) is 5.91 Å². The third kappa shape index (κ3) is 5.25. The van der Waals surface area contributed by atoms with Crippen LogP contribution in [0.2, 0.25) is 10.0 Å². The lowest BCUT2D eigenvalue weighted by molar-refractivity contribution is -0.117. The molecule has 3 nitrogen and oxygen atoms in total. The van der Waals surface area contributed by atoms with Crippen molar-refractivity contribution in [2.24, 2.45) is 0 Å². The molecule has 18 heavy (non-hydrogen) atoms. The minimum Gasteiger partial charge on any atom is -0.324 e. The zero-order valence-corrected chi connectivity index (χ0v) is 12.2. The predicted molar refractivity (Wildman–Crippen MR) is 77.5 cm³/mol. The second kappa shape index (κ2) is 7.62. The number of likely N-dealkylation sites (N-methyl/N-ethyl adjacent to an activating group) is 1. The molecule has 0 saturated heterocycles. The number of unbranched alkanes of at least 4 members (excludes halogenated alkanes) is 1. The molecule has 0 fully saturated rings. The third-order valence-corrected chi connectivity index (χ3v) is 3.06. The van der Waals surface area contributed by atoms with Crippen LogP contribution < -0.4 is 5.32 Å². The number of nitrogens with one attached hydrogen (secondary N) is 1. The second-order valence-corrected chi connectivity index (χ2v) is 5.11. The zero-order chi connectivity index (χ0) is 13.5. The van der Waals surface area contributed by atoms with E-state index in [2.05, 4.69) is 12.2 Å². The van der Waals surface area contributed by atoms with Crippen molar-refractivity contribution >= 4 is 34.8 Å². The molecule has 0 atom stereocenters. The number of benzene rings is 1. The Morgan fingerprint density at radius 2 is 2.11 bits per heavy atom. The van der Waals surface area contributed by atoms with Crippen LogP contribution in [-0.2, 0) is 4.79 Å². The number of hydrogen-bond donors (Lipinski definition) is 1. The molecule has 1 N–H and O–H groups in total. The number of anilines is 1. The van der Waals surface area contributed by atoms with Crippen LogP contribution in [-0.4, -0.2) is 30.9 Å². The van der Waals surface area contributed by atoms with E-state index in [1.54, 1.807) is 18.2 Å². The molecule has 0 bridgehead atoms. The van der Waals surface area contributed by atoms with E-state index in [1.165, 1.54) is 0 Å². The summed E-state index contributed by atoms with van der Waals surface area (Å²) in [6, 6.07) is 5.01. The van der Waals surface area contributed by atoms with Gasteiger partial charge in [-0.3, -0.25) is 9.69 Å². The fraction of sp³-hybridized carbons (Fsp3) is 0.462. The minimum absolute atomic E-state index is 0.0715. The number of amides is 1. The Kier molecular flexibility index (Phi) is 6.47. The van der Waals surface area contributed by atoms with Crippen molar-refractivity contribution in [2.75, 3.05) is 25.5 Å². The van der Waals surface area contributed by atoms with Crippen LogP contribution in [0.4, 0.5) is 5.69 Å². The van der Waals surface area contributed by atoms with Gasteiger partial charge >= 0.3 is 0 Å². The molecule has 0 radical (unpaired) electrons. The third-order valence-electron chi connectivity index (χ3n) is 2.51. The van der Waals surface area contributed by atoms with Gasteiger partial charge in [0, 0.05) is 5.02 Å². The summed E-state index contributed by atoms with van der Waals surface area (Å²) in [7, 11) is 1.93. The highest BCUT2D eigenvalue weighted by atomic mass is 35.5. The summed E-state index contributed by atoms with van der Waals surface area (Å²) in [5, 5.41) is 3.78. The molecule has 0 aliphatic heterocycles. The Morgan fingerprint density at radius 1 is 1.39 bits per heavy atom. The summed E-state index contributed by atoms with van der Waals surface area (Å²) >= 11 is 11.8. The van der Waals surface area contributed by atoms with E-state index in [4.69, 9.17) is 23.2 Å². The van der Waals surface area contributed by atoms with E-state index in [0.717, 1.165) is 19.4 Å². The molecule has 0 saturated carbocycles. The van der Waals surface area contributed by atoms with Gasteiger partial charge in [-0.2, -0.15) is 0 Å². The first-order chi connectivity index (χ1) is 8.52. The van der Waals surface area contributed by atoms with Crippen LogP contribution in [0, 0.1) is 0 Å². The van der Waals surface area contributed by atoms with Crippen molar-refractivity contribution in [3.05, 3.63) is 28.2 Å². The molecule has 0 heterocycles. The van der Waals surface area contributed by atoms with Crippen molar-refractivity contribution in [3.63, 3.8) is 0 Å². The van der Waals surface area contributed by atoms with Crippen LogP contribution >= 0.6 is 23.2 Å². The van der Waals surface area contributed by atoms with Crippen molar-refractivity contribution < 1.29 is 4.79 Å². The highest BCUT2D eigenvalue weighted by molar-refractivity contribution is 6.36. The van der Waals surface area contributed by atoms with Gasteiger partial charge in [-0.05, 0) is 38.2 Å². The van der Waals surface area contributed by atoms with E-state index >= 15 is 0 Å². The Morgan fingerprint density at radius 3 is 2.72 bits per heavy atom. The number of carbonyl (C=O) groups is 1. The SMILES string of the molecule is CCCCN(C)CC(=O)Nc1ccc(Cl)cc1Cl. The van der Waals surface area contributed by atoms with Gasteiger partial charge in [0.25, 0.3) is 0 Å². The minimum atomic E-state index is -0.0715. The number of hydrogen-bond acceptors (Lipinski definition) is 2. The molecule has 0 aromatic heterocycles. The first-order valence-electron chi connectivity index (χ1n) is 5.96. The molecular weight excluding hydrogens is 271 g/mol. The Bertz CT molecular complexity index is 410. The lowest BCUT2D eigenvalue weighted by atomic mass is 10.3. The van der Waals surface area contributed by atoms with Gasteiger partial charge in [0.05, 0.1) is 17.3 Å². The molecule has 0 aliphatic rings. The van der Waals surface area contributed by atoms with Gasteiger partial charge in [0.15, 0.2) is 0 Å². The maximum atomic E-state index is 11.8. The first-order valence-corrected chi connectivity index (χ1v) is 6.72. The van der Waals surface area contributed by atoms with E-state index < -0.39 is 0 Å². The van der Waals surface area contributed by atoms with Crippen molar-refractivity contribution in [1.82, 2.24) is 4.90 Å². The summed E-state index contributed by atoms with van der Waals surface area (Å²) in [4.78, 5) is 13.8. The van der Waals surface area contributed by atoms with Crippen LogP contribution in [0.25, 0.3) is 0 Å². The van der Waals surface area contributed by atoms with Crippen LogP contribution in [0.5, 0.6) is 0 Å². The first kappa shape index (κ1) is 15.3. The monoisotopic (exact) mass is 288 g/mol. The Balaban J connectivity index is 2.49. The normalized spacial score (nSPS) is 10.7. The standard InChI is InChI=1S/C13H18Cl2N2O/c1-3-4-7-17(2)9-13(18)16-12-6-5-10(14)8-11(12)15/h5-6,8H,3-4,7,9H2,1-2H3,(H,16,18). The average molecular weight is 289 g/mol. The van der Waals surface area contributed by atoms with Gasteiger partial charge < -0.3 is 5.32 Å². The van der Waals surface area contributed by atoms with Crippen molar-refractivity contribution in [3.8, 4) is 0 Å². The van der Waals surface area contributed by atoms with Crippen LogP contribution in [0.3, 0.4) is 0 Å². The smallest absolute Gasteiger partial charge is 0.238 e. The summed E-state index contributed by atoms with van der Waals surface area (Å²) in [5.41, 5.74) is 0.593. The molecule has 100 valence electrons. The maximum absolute atomic E-state index is 11.8. The van der Waals surface area contributed by atoms with Gasteiger partial charge in [0.2, 0.25) is 5.91 Å². The molecule has 0 unspecified atom stereocenters. The Hall–Kier alpha value is -0.770. The molecule has 1 aromatic rings. The van der Waals surface area contributed by atoms with Gasteiger partial charge in [-0.25, -0.2) is 0 Å². The second-order valence-electron chi connectivity index (χ2n) is 4.26. The fourth-order valence-corrected chi connectivity index (χ4v) is 1.99. The molecule has 1 rings (SSSR count). The lowest BCUT2D eigenvalue weighted by Gasteiger charge is -2.16. The number of carbonyl (C=O) groups excluding carboxylic acids is 1. The molecule has 1 aromatic carbocycles. The Labute approximate surface area is 118 Å². The van der Waals surface area contributed by atoms with E-state index in [0.29, 0.717) is 22.3 Å². The number of nitrogens with zero attached hydrogens (tertiary/aromatic N) is 1. The van der Waals surface area contributed by atoms with Crippen molar-refractivity contribution in [2.45, 2.75) is 19.8 Å². The quantitative estimate of drug-likeness (QED) is 0.866. The van der Waals surface area contributed by atoms with E-state index in [9.17, 15) is 4.79 Å². The van der Waals surface area contributed by atoms with Crippen LogP contribution in [0.1, 0.15) is 19.8 Å². The summed E-state index contributed by atoms with van der Waals surface area (Å²) in [5.74, 6) is -0.0715. The molecule has 1 amide bonds. The number of rotatable bonds is 6. The fourth-order valence-electron chi connectivity index (χ4n) is 1.53. The lowest BCUT2D eigenvalue weighted by Crippen LogP contribution is -2.30. The topological polar surface area (TPSA) is 32.3 Å². The predicted octanol–water partition coefficient (Wildman–Crippen LogP) is 3.66. The molecule has 5 heteroatoms. The largest absolute Gasteiger partial charge is 0.324 e. The van der Waals surface area contributed by atoms with Gasteiger partial charge in [-0.1, -0.05) is 36.5 Å². The molecular formula is C13H18Cl2N2O. The summed E-state index contributed by atoms with van der Waals surface area (Å²) < 4.78 is 0. The van der Waals surface area contributed by atoms with Crippen LogP contribution in [0.15, 0.2) is 18.2 Å². The summed E-state index contributed by atoms with van der Waals surface area (Å²) in [6.45, 7) is 3.40.